The first-order valence-electron chi connectivity index (χ1n) is 8.08. The van der Waals surface area contributed by atoms with Gasteiger partial charge < -0.3 is 20.5 Å². The van der Waals surface area contributed by atoms with E-state index in [1.807, 2.05) is 30.7 Å². The van der Waals surface area contributed by atoms with Crippen LogP contribution < -0.4 is 15.4 Å². The van der Waals surface area contributed by atoms with Crippen LogP contribution in [0.4, 0.5) is 5.69 Å². The number of benzene rings is 1. The second-order valence-corrected chi connectivity index (χ2v) is 7.22. The summed E-state index contributed by atoms with van der Waals surface area (Å²) >= 11 is 7.76. The van der Waals surface area contributed by atoms with E-state index in [0.29, 0.717) is 35.5 Å². The number of carbonyl (C=O) groups excluding carboxylic acids is 1. The molecule has 1 unspecified atom stereocenters. The van der Waals surface area contributed by atoms with Gasteiger partial charge in [0.2, 0.25) is 5.91 Å². The summed E-state index contributed by atoms with van der Waals surface area (Å²) in [5.41, 5.74) is 1.59. The Morgan fingerprint density at radius 1 is 1.36 bits per heavy atom. The van der Waals surface area contributed by atoms with E-state index in [0.717, 1.165) is 5.56 Å². The molecule has 5 nitrogen and oxygen atoms in total. The number of hydrogen-bond acceptors (Lipinski definition) is 5. The van der Waals surface area contributed by atoms with E-state index < -0.39 is 6.10 Å². The summed E-state index contributed by atoms with van der Waals surface area (Å²) < 4.78 is 5.54. The summed E-state index contributed by atoms with van der Waals surface area (Å²) in [6.07, 6.45) is -0.294. The first kappa shape index (κ1) is 19.7. The number of aliphatic hydroxyl groups is 1. The number of anilines is 1. The number of nitrogens with one attached hydrogen (secondary N) is 2. The Labute approximate surface area is 157 Å². The van der Waals surface area contributed by atoms with Crippen molar-refractivity contribution in [3.8, 4) is 5.75 Å². The van der Waals surface area contributed by atoms with Crippen LogP contribution >= 0.6 is 22.9 Å². The predicted octanol–water partition coefficient (Wildman–Crippen LogP) is 3.32. The zero-order chi connectivity index (χ0) is 18.2. The van der Waals surface area contributed by atoms with Crippen LogP contribution in [0.25, 0.3) is 0 Å². The minimum absolute atomic E-state index is 0.0988. The molecule has 2 aromatic rings. The summed E-state index contributed by atoms with van der Waals surface area (Å²) in [5, 5.41) is 20.1. The van der Waals surface area contributed by atoms with E-state index in [9.17, 15) is 9.90 Å². The van der Waals surface area contributed by atoms with Crippen molar-refractivity contribution in [1.29, 1.82) is 0 Å². The Morgan fingerprint density at radius 3 is 2.80 bits per heavy atom. The molecular formula is C18H23ClN2O3S. The van der Waals surface area contributed by atoms with Crippen molar-refractivity contribution in [1.82, 2.24) is 5.32 Å². The van der Waals surface area contributed by atoms with Gasteiger partial charge in [-0.3, -0.25) is 4.79 Å². The average Bonchev–Trinajstić information content (AvgIpc) is 3.04. The Balaban J connectivity index is 1.84. The van der Waals surface area contributed by atoms with E-state index in [1.165, 1.54) is 0 Å². The summed E-state index contributed by atoms with van der Waals surface area (Å²) in [6.45, 7) is 4.61. The van der Waals surface area contributed by atoms with Gasteiger partial charge >= 0.3 is 0 Å². The molecule has 2 rings (SSSR count). The fourth-order valence-corrected chi connectivity index (χ4v) is 3.00. The lowest BCUT2D eigenvalue weighted by atomic mass is 10.2. The molecule has 3 N–H and O–H groups in total. The third-order valence-corrected chi connectivity index (χ3v) is 4.38. The van der Waals surface area contributed by atoms with Crippen molar-refractivity contribution in [2.45, 2.75) is 32.4 Å². The number of carbonyl (C=O) groups is 1. The van der Waals surface area contributed by atoms with Gasteiger partial charge in [-0.1, -0.05) is 25.4 Å². The first-order valence-corrected chi connectivity index (χ1v) is 9.41. The maximum Gasteiger partial charge on any atom is 0.228 e. The molecule has 0 aliphatic carbocycles. The van der Waals surface area contributed by atoms with Crippen LogP contribution in [-0.2, 0) is 11.2 Å². The molecule has 1 heterocycles. The van der Waals surface area contributed by atoms with E-state index >= 15 is 0 Å². The zero-order valence-corrected chi connectivity index (χ0v) is 15.9. The molecule has 0 radical (unpaired) electrons. The smallest absolute Gasteiger partial charge is 0.228 e. The highest BCUT2D eigenvalue weighted by Crippen LogP contribution is 2.28. The molecule has 7 heteroatoms. The Morgan fingerprint density at radius 2 is 2.16 bits per heavy atom. The van der Waals surface area contributed by atoms with Crippen LogP contribution in [0.1, 0.15) is 19.4 Å². The number of hydrogen-bond donors (Lipinski definition) is 3. The molecule has 0 fully saturated rings. The fraction of sp³-hybridized carbons (Fsp3) is 0.389. The van der Waals surface area contributed by atoms with Gasteiger partial charge in [0.1, 0.15) is 18.5 Å². The van der Waals surface area contributed by atoms with E-state index in [1.54, 1.807) is 29.5 Å². The second-order valence-electron chi connectivity index (χ2n) is 6.03. The van der Waals surface area contributed by atoms with Gasteiger partial charge in [0.15, 0.2) is 0 Å². The van der Waals surface area contributed by atoms with Gasteiger partial charge in [-0.15, -0.1) is 0 Å². The second kappa shape index (κ2) is 9.77. The number of ether oxygens (including phenoxy) is 1. The number of aliphatic hydroxyl groups excluding tert-OH is 1. The van der Waals surface area contributed by atoms with Crippen molar-refractivity contribution in [3.05, 3.63) is 45.6 Å². The van der Waals surface area contributed by atoms with Gasteiger partial charge in [0.05, 0.1) is 11.4 Å². The Kier molecular flexibility index (Phi) is 7.71. The summed E-state index contributed by atoms with van der Waals surface area (Å²) in [4.78, 5) is 12.0. The minimum atomic E-state index is -0.622. The normalized spacial score (nSPS) is 12.2. The SMILES string of the molecule is CC(C)NCC(O)COc1ccc(NC(=O)Cc2ccsc2)cc1Cl. The zero-order valence-electron chi connectivity index (χ0n) is 14.3. The number of rotatable bonds is 9. The van der Waals surface area contributed by atoms with Gasteiger partial charge in [0.25, 0.3) is 0 Å². The van der Waals surface area contributed by atoms with E-state index in [-0.39, 0.29) is 12.5 Å². The van der Waals surface area contributed by atoms with Gasteiger partial charge in [0, 0.05) is 18.3 Å². The number of thiophene rings is 1. The number of amides is 1. The number of halogens is 1. The van der Waals surface area contributed by atoms with Crippen LogP contribution in [0.5, 0.6) is 5.75 Å². The lowest BCUT2D eigenvalue weighted by Crippen LogP contribution is -2.35. The van der Waals surface area contributed by atoms with Crippen LogP contribution in [0, 0.1) is 0 Å². The third-order valence-electron chi connectivity index (χ3n) is 3.35. The third kappa shape index (κ3) is 7.04. The topological polar surface area (TPSA) is 70.6 Å². The molecule has 25 heavy (non-hydrogen) atoms. The largest absolute Gasteiger partial charge is 0.489 e. The highest BCUT2D eigenvalue weighted by atomic mass is 35.5. The van der Waals surface area contributed by atoms with Crippen molar-refractivity contribution < 1.29 is 14.6 Å². The highest BCUT2D eigenvalue weighted by molar-refractivity contribution is 7.08. The van der Waals surface area contributed by atoms with Crippen LogP contribution in [0.2, 0.25) is 5.02 Å². The fourth-order valence-electron chi connectivity index (χ4n) is 2.10. The summed E-state index contributed by atoms with van der Waals surface area (Å²) in [6, 6.07) is 7.28. The van der Waals surface area contributed by atoms with E-state index in [2.05, 4.69) is 10.6 Å². The van der Waals surface area contributed by atoms with E-state index in [4.69, 9.17) is 16.3 Å². The minimum Gasteiger partial charge on any atom is -0.489 e. The predicted molar refractivity (Wildman–Crippen MR) is 103 cm³/mol. The molecule has 0 saturated heterocycles. The molecule has 0 saturated carbocycles. The van der Waals surface area contributed by atoms with Gasteiger partial charge in [-0.25, -0.2) is 0 Å². The molecule has 136 valence electrons. The lowest BCUT2D eigenvalue weighted by molar-refractivity contribution is -0.115. The Bertz CT molecular complexity index is 677. The van der Waals surface area contributed by atoms with Crippen LogP contribution in [0.15, 0.2) is 35.0 Å². The van der Waals surface area contributed by atoms with Crippen molar-refractivity contribution in [3.63, 3.8) is 0 Å². The monoisotopic (exact) mass is 382 g/mol. The Hall–Kier alpha value is -1.60. The van der Waals surface area contributed by atoms with Gasteiger partial charge in [-0.05, 0) is 40.6 Å². The summed E-state index contributed by atoms with van der Waals surface area (Å²) in [7, 11) is 0. The van der Waals surface area contributed by atoms with Crippen LogP contribution in [0.3, 0.4) is 0 Å². The molecule has 1 atom stereocenters. The summed E-state index contributed by atoms with van der Waals surface area (Å²) in [5.74, 6) is 0.374. The van der Waals surface area contributed by atoms with Crippen molar-refractivity contribution in [2.75, 3.05) is 18.5 Å². The molecular weight excluding hydrogens is 360 g/mol. The molecule has 1 aromatic carbocycles. The molecule has 0 aliphatic rings. The molecule has 1 amide bonds. The van der Waals surface area contributed by atoms with Crippen molar-refractivity contribution >= 4 is 34.5 Å². The van der Waals surface area contributed by atoms with Crippen LogP contribution in [-0.4, -0.2) is 36.3 Å². The lowest BCUT2D eigenvalue weighted by Gasteiger charge is -2.16. The molecule has 1 aromatic heterocycles. The standard InChI is InChI=1S/C18H23ClN2O3S/c1-12(2)20-9-15(22)10-24-17-4-3-14(8-16(17)19)21-18(23)7-13-5-6-25-11-13/h3-6,8,11-12,15,20,22H,7,9-10H2,1-2H3,(H,21,23). The molecule has 0 bridgehead atoms. The van der Waals surface area contributed by atoms with Gasteiger partial charge in [-0.2, -0.15) is 11.3 Å². The maximum atomic E-state index is 12.0. The van der Waals surface area contributed by atoms with Crippen molar-refractivity contribution in [2.24, 2.45) is 0 Å². The average molecular weight is 383 g/mol. The molecule has 0 aliphatic heterocycles. The highest BCUT2D eigenvalue weighted by Gasteiger charge is 2.10. The quantitative estimate of drug-likeness (QED) is 0.622. The molecule has 0 spiro atoms. The maximum absolute atomic E-state index is 12.0. The first-order chi connectivity index (χ1) is 11.9.